The standard InChI is InChI=1S/C16H12BrClN2O2/c1-19-13-4-2-3-12(18)14(13)15(20(9-21)16(19)22)10-5-7-11(17)8-6-10/h2-9,15H,1H3. The highest BCUT2D eigenvalue weighted by molar-refractivity contribution is 9.10. The van der Waals surface area contributed by atoms with Crippen LogP contribution in [-0.4, -0.2) is 24.4 Å². The lowest BCUT2D eigenvalue weighted by atomic mass is 9.93. The van der Waals surface area contributed by atoms with E-state index in [0.29, 0.717) is 17.1 Å². The summed E-state index contributed by atoms with van der Waals surface area (Å²) < 4.78 is 0.924. The highest BCUT2D eigenvalue weighted by Crippen LogP contribution is 2.43. The molecule has 0 saturated carbocycles. The SMILES string of the molecule is CN1C(=O)N(C=O)C(c2ccc(Br)cc2)c2c(Cl)cccc21. The van der Waals surface area contributed by atoms with Crippen molar-refractivity contribution in [2.45, 2.75) is 6.04 Å². The van der Waals surface area contributed by atoms with Crippen molar-refractivity contribution in [1.29, 1.82) is 0 Å². The van der Waals surface area contributed by atoms with E-state index in [-0.39, 0.29) is 6.03 Å². The van der Waals surface area contributed by atoms with E-state index in [2.05, 4.69) is 15.9 Å². The van der Waals surface area contributed by atoms with E-state index in [4.69, 9.17) is 11.6 Å². The number of urea groups is 1. The minimum absolute atomic E-state index is 0.377. The van der Waals surface area contributed by atoms with E-state index in [9.17, 15) is 9.59 Å². The predicted molar refractivity (Wildman–Crippen MR) is 89.1 cm³/mol. The maximum Gasteiger partial charge on any atom is 0.331 e. The summed E-state index contributed by atoms with van der Waals surface area (Å²) >= 11 is 9.75. The third-order valence-electron chi connectivity index (χ3n) is 3.75. The second kappa shape index (κ2) is 5.74. The molecule has 1 heterocycles. The fraction of sp³-hybridized carbons (Fsp3) is 0.125. The smallest absolute Gasteiger partial charge is 0.297 e. The Bertz CT molecular complexity index is 748. The number of nitrogens with zero attached hydrogens (tertiary/aromatic N) is 2. The Hall–Kier alpha value is -1.85. The Morgan fingerprint density at radius 2 is 1.86 bits per heavy atom. The number of hydrogen-bond donors (Lipinski definition) is 0. The lowest BCUT2D eigenvalue weighted by Gasteiger charge is -2.38. The second-order valence-corrected chi connectivity index (χ2v) is 6.30. The number of fused-ring (bicyclic) bond motifs is 1. The molecule has 3 amide bonds. The van der Waals surface area contributed by atoms with Crippen LogP contribution in [0.25, 0.3) is 0 Å². The molecule has 0 radical (unpaired) electrons. The van der Waals surface area contributed by atoms with E-state index >= 15 is 0 Å². The van der Waals surface area contributed by atoms with Crippen LogP contribution in [0.15, 0.2) is 46.9 Å². The summed E-state index contributed by atoms with van der Waals surface area (Å²) in [5.74, 6) is 0. The third-order valence-corrected chi connectivity index (χ3v) is 4.61. The van der Waals surface area contributed by atoms with Crippen molar-refractivity contribution in [2.75, 3.05) is 11.9 Å². The molecule has 0 spiro atoms. The molecule has 112 valence electrons. The average Bonchev–Trinajstić information content (AvgIpc) is 2.52. The van der Waals surface area contributed by atoms with Crippen molar-refractivity contribution in [3.8, 4) is 0 Å². The van der Waals surface area contributed by atoms with Gasteiger partial charge in [-0.2, -0.15) is 0 Å². The molecular formula is C16H12BrClN2O2. The number of imide groups is 1. The molecule has 2 aromatic carbocycles. The first kappa shape index (κ1) is 15.1. The van der Waals surface area contributed by atoms with Gasteiger partial charge in [0.25, 0.3) is 0 Å². The molecule has 22 heavy (non-hydrogen) atoms. The summed E-state index contributed by atoms with van der Waals surface area (Å²) in [7, 11) is 1.63. The maximum atomic E-state index is 12.4. The number of anilines is 1. The maximum absolute atomic E-state index is 12.4. The summed E-state index contributed by atoms with van der Waals surface area (Å²) in [6.45, 7) is 0. The van der Waals surface area contributed by atoms with Crippen LogP contribution in [-0.2, 0) is 4.79 Å². The van der Waals surface area contributed by atoms with Gasteiger partial charge in [0, 0.05) is 22.1 Å². The van der Waals surface area contributed by atoms with Gasteiger partial charge in [-0.25, -0.2) is 4.79 Å². The van der Waals surface area contributed by atoms with Gasteiger partial charge in [-0.05, 0) is 29.8 Å². The number of amides is 3. The van der Waals surface area contributed by atoms with Gasteiger partial charge in [-0.15, -0.1) is 0 Å². The monoisotopic (exact) mass is 378 g/mol. The fourth-order valence-corrected chi connectivity index (χ4v) is 3.23. The van der Waals surface area contributed by atoms with Crippen molar-refractivity contribution < 1.29 is 9.59 Å². The molecule has 0 bridgehead atoms. The highest BCUT2D eigenvalue weighted by Gasteiger charge is 2.38. The van der Waals surface area contributed by atoms with Gasteiger partial charge in [-0.3, -0.25) is 14.6 Å². The molecule has 1 aliphatic heterocycles. The van der Waals surface area contributed by atoms with Crippen molar-refractivity contribution in [1.82, 2.24) is 4.90 Å². The Morgan fingerprint density at radius 1 is 1.18 bits per heavy atom. The van der Waals surface area contributed by atoms with Gasteiger partial charge in [0.15, 0.2) is 0 Å². The molecule has 6 heteroatoms. The van der Waals surface area contributed by atoms with Gasteiger partial charge >= 0.3 is 6.03 Å². The quantitative estimate of drug-likeness (QED) is 0.733. The van der Waals surface area contributed by atoms with Crippen LogP contribution in [0, 0.1) is 0 Å². The van der Waals surface area contributed by atoms with E-state index in [0.717, 1.165) is 20.5 Å². The van der Waals surface area contributed by atoms with Crippen molar-refractivity contribution in [2.24, 2.45) is 0 Å². The van der Waals surface area contributed by atoms with Gasteiger partial charge < -0.3 is 0 Å². The molecule has 0 aromatic heterocycles. The van der Waals surface area contributed by atoms with E-state index in [1.54, 1.807) is 19.2 Å². The predicted octanol–water partition coefficient (Wildman–Crippen LogP) is 4.22. The molecule has 0 fully saturated rings. The number of carbonyl (C=O) groups excluding carboxylic acids is 2. The van der Waals surface area contributed by atoms with Crippen LogP contribution >= 0.6 is 27.5 Å². The van der Waals surface area contributed by atoms with Crippen molar-refractivity contribution >= 4 is 45.7 Å². The molecule has 2 aromatic rings. The third kappa shape index (κ3) is 2.30. The summed E-state index contributed by atoms with van der Waals surface area (Å²) in [4.78, 5) is 26.6. The van der Waals surface area contributed by atoms with Gasteiger partial charge in [0.1, 0.15) is 0 Å². The topological polar surface area (TPSA) is 40.6 Å². The summed E-state index contributed by atoms with van der Waals surface area (Å²) in [5.41, 5.74) is 2.29. The minimum atomic E-state index is -0.530. The van der Waals surface area contributed by atoms with Crippen LogP contribution in [0.3, 0.4) is 0 Å². The van der Waals surface area contributed by atoms with Crippen LogP contribution < -0.4 is 4.90 Å². The van der Waals surface area contributed by atoms with Crippen LogP contribution in [0.2, 0.25) is 5.02 Å². The molecule has 0 aliphatic carbocycles. The molecular weight excluding hydrogens is 368 g/mol. The van der Waals surface area contributed by atoms with Gasteiger partial charge in [-0.1, -0.05) is 45.7 Å². The number of benzene rings is 2. The zero-order valence-electron chi connectivity index (χ0n) is 11.7. The molecule has 4 nitrogen and oxygen atoms in total. The Kier molecular flexibility index (Phi) is 3.93. The van der Waals surface area contributed by atoms with Crippen LogP contribution in [0.1, 0.15) is 17.2 Å². The molecule has 0 N–H and O–H groups in total. The van der Waals surface area contributed by atoms with E-state index in [1.165, 1.54) is 4.90 Å². The first-order valence-electron chi connectivity index (χ1n) is 6.59. The molecule has 0 saturated heterocycles. The van der Waals surface area contributed by atoms with Crippen LogP contribution in [0.4, 0.5) is 10.5 Å². The lowest BCUT2D eigenvalue weighted by molar-refractivity contribution is -0.116. The Morgan fingerprint density at radius 3 is 2.50 bits per heavy atom. The van der Waals surface area contributed by atoms with Crippen molar-refractivity contribution in [3.05, 3.63) is 63.1 Å². The molecule has 1 atom stereocenters. The number of carbonyl (C=O) groups is 2. The molecule has 1 aliphatic rings. The summed E-state index contributed by atoms with van der Waals surface area (Å²) in [5, 5.41) is 0.525. The van der Waals surface area contributed by atoms with Gasteiger partial charge in [0.2, 0.25) is 6.41 Å². The first-order valence-corrected chi connectivity index (χ1v) is 7.77. The number of rotatable bonds is 2. The Balaban J connectivity index is 2.26. The zero-order chi connectivity index (χ0) is 15.9. The minimum Gasteiger partial charge on any atom is -0.297 e. The summed E-state index contributed by atoms with van der Waals surface area (Å²) in [6.07, 6.45) is 0.553. The normalized spacial score (nSPS) is 17.4. The second-order valence-electron chi connectivity index (χ2n) is 4.98. The van der Waals surface area contributed by atoms with E-state index in [1.807, 2.05) is 30.3 Å². The van der Waals surface area contributed by atoms with Gasteiger partial charge in [0.05, 0.1) is 11.7 Å². The molecule has 1 unspecified atom stereocenters. The Labute approximate surface area is 141 Å². The summed E-state index contributed by atoms with van der Waals surface area (Å²) in [6, 6.07) is 12.0. The van der Waals surface area contributed by atoms with Crippen LogP contribution in [0.5, 0.6) is 0 Å². The van der Waals surface area contributed by atoms with E-state index < -0.39 is 6.04 Å². The lowest BCUT2D eigenvalue weighted by Crippen LogP contribution is -2.47. The largest absolute Gasteiger partial charge is 0.331 e. The first-order chi connectivity index (χ1) is 10.5. The number of halogens is 2. The molecule has 3 rings (SSSR count). The number of hydrogen-bond acceptors (Lipinski definition) is 2. The van der Waals surface area contributed by atoms with Crippen molar-refractivity contribution in [3.63, 3.8) is 0 Å². The fourth-order valence-electron chi connectivity index (χ4n) is 2.69. The highest BCUT2D eigenvalue weighted by atomic mass is 79.9. The zero-order valence-corrected chi connectivity index (χ0v) is 14.0. The average molecular weight is 380 g/mol.